The Bertz CT molecular complexity index is 515. The van der Waals surface area contributed by atoms with Crippen LogP contribution in [0.4, 0.5) is 0 Å². The molecule has 0 aromatic carbocycles. The minimum absolute atomic E-state index is 0.165. The van der Waals surface area contributed by atoms with Crippen molar-refractivity contribution in [2.75, 3.05) is 0 Å². The first-order valence-electron chi connectivity index (χ1n) is 3.31. The van der Waals surface area contributed by atoms with Gasteiger partial charge in [-0.1, -0.05) is 0 Å². The van der Waals surface area contributed by atoms with Crippen LogP contribution in [-0.4, -0.2) is 22.8 Å². The fraction of sp³-hybridized carbons (Fsp3) is 0. The molecule has 0 fully saturated rings. The Balaban J connectivity index is 2.77. The molecule has 2 heterocycles. The lowest BCUT2D eigenvalue weighted by molar-refractivity contribution is 0.607. The molecule has 0 bridgehead atoms. The van der Waals surface area contributed by atoms with E-state index in [-0.39, 0.29) is 5.03 Å². The summed E-state index contributed by atoms with van der Waals surface area (Å²) in [7, 11) is 1.35. The molecule has 0 aliphatic heterocycles. The second-order valence-corrected chi connectivity index (χ2v) is 4.87. The van der Waals surface area contributed by atoms with Gasteiger partial charge < -0.3 is 4.40 Å². The molecule has 2 aromatic heterocycles. The maximum Gasteiger partial charge on any atom is 0.280 e. The first kappa shape index (κ1) is 8.46. The highest BCUT2D eigenvalue weighted by atomic mass is 35.7. The number of imidazole rings is 1. The first-order valence-corrected chi connectivity index (χ1v) is 5.62. The van der Waals surface area contributed by atoms with E-state index in [9.17, 15) is 8.42 Å². The third-order valence-corrected chi connectivity index (χ3v) is 2.66. The summed E-state index contributed by atoms with van der Waals surface area (Å²) in [5.41, 5.74) is 0.446. The zero-order valence-corrected chi connectivity index (χ0v) is 7.83. The minimum atomic E-state index is -3.75. The van der Waals surface area contributed by atoms with E-state index in [1.54, 1.807) is 6.20 Å². The molecule has 0 unspecified atom stereocenters. The van der Waals surface area contributed by atoms with Crippen molar-refractivity contribution in [3.05, 3.63) is 24.8 Å². The van der Waals surface area contributed by atoms with Crippen molar-refractivity contribution in [2.24, 2.45) is 0 Å². The van der Waals surface area contributed by atoms with Crippen molar-refractivity contribution in [1.82, 2.24) is 14.4 Å². The Morgan fingerprint density at radius 3 is 2.85 bits per heavy atom. The van der Waals surface area contributed by atoms with Crippen LogP contribution in [0.5, 0.6) is 0 Å². The normalized spacial score (nSPS) is 12.1. The van der Waals surface area contributed by atoms with Crippen LogP contribution in [0.2, 0.25) is 0 Å². The van der Waals surface area contributed by atoms with Crippen LogP contribution >= 0.6 is 10.7 Å². The number of hydrogen-bond acceptors (Lipinski definition) is 4. The van der Waals surface area contributed by atoms with Gasteiger partial charge >= 0.3 is 0 Å². The highest BCUT2D eigenvalue weighted by Gasteiger charge is 2.14. The summed E-state index contributed by atoms with van der Waals surface area (Å²) >= 11 is 0. The predicted octanol–water partition coefficient (Wildman–Crippen LogP) is 0.657. The fourth-order valence-electron chi connectivity index (χ4n) is 0.937. The van der Waals surface area contributed by atoms with Crippen molar-refractivity contribution >= 4 is 25.4 Å². The van der Waals surface area contributed by atoms with Gasteiger partial charge in [-0.25, -0.2) is 13.4 Å². The molecule has 7 heteroatoms. The van der Waals surface area contributed by atoms with Crippen LogP contribution in [0.3, 0.4) is 0 Å². The highest BCUT2D eigenvalue weighted by Crippen LogP contribution is 2.13. The van der Waals surface area contributed by atoms with E-state index in [1.807, 2.05) is 0 Å². The van der Waals surface area contributed by atoms with E-state index in [0.29, 0.717) is 5.65 Å². The van der Waals surface area contributed by atoms with Gasteiger partial charge in [0.05, 0.1) is 6.20 Å². The van der Waals surface area contributed by atoms with Crippen molar-refractivity contribution in [3.63, 3.8) is 0 Å². The van der Waals surface area contributed by atoms with Crippen molar-refractivity contribution < 1.29 is 8.42 Å². The number of fused-ring (bicyclic) bond motifs is 1. The van der Waals surface area contributed by atoms with Gasteiger partial charge in [-0.2, -0.15) is 0 Å². The molecule has 0 saturated carbocycles. The van der Waals surface area contributed by atoms with Crippen molar-refractivity contribution in [3.8, 4) is 0 Å². The molecule has 0 aliphatic rings. The van der Waals surface area contributed by atoms with Gasteiger partial charge in [-0.05, 0) is 0 Å². The quantitative estimate of drug-likeness (QED) is 0.659. The van der Waals surface area contributed by atoms with Gasteiger partial charge in [0.2, 0.25) is 0 Å². The van der Waals surface area contributed by atoms with Gasteiger partial charge in [0.1, 0.15) is 0 Å². The lowest BCUT2D eigenvalue weighted by Crippen LogP contribution is -1.88. The summed E-state index contributed by atoms with van der Waals surface area (Å²) in [6, 6.07) is 0. The van der Waals surface area contributed by atoms with Crippen LogP contribution in [0.15, 0.2) is 29.8 Å². The summed E-state index contributed by atoms with van der Waals surface area (Å²) in [6.45, 7) is 0. The van der Waals surface area contributed by atoms with E-state index in [4.69, 9.17) is 10.7 Å². The minimum Gasteiger partial charge on any atom is -0.303 e. The molecule has 0 atom stereocenters. The summed E-state index contributed by atoms with van der Waals surface area (Å²) in [4.78, 5) is 7.55. The van der Waals surface area contributed by atoms with Crippen LogP contribution in [0, 0.1) is 0 Å². The third-order valence-electron chi connectivity index (χ3n) is 1.49. The van der Waals surface area contributed by atoms with Crippen molar-refractivity contribution in [1.29, 1.82) is 0 Å². The molecule has 0 aliphatic carbocycles. The third kappa shape index (κ3) is 1.50. The van der Waals surface area contributed by atoms with Crippen LogP contribution < -0.4 is 0 Å². The summed E-state index contributed by atoms with van der Waals surface area (Å²) in [6.07, 6.45) is 5.90. The van der Waals surface area contributed by atoms with Crippen LogP contribution in [0.1, 0.15) is 0 Å². The molecule has 0 N–H and O–H groups in total. The zero-order chi connectivity index (χ0) is 9.47. The van der Waals surface area contributed by atoms with E-state index in [0.717, 1.165) is 0 Å². The standard InChI is InChI=1S/C6H4ClN3O2S/c7-13(11,12)6-4-10-2-1-8-3-5(10)9-6/h1-4H. The molecular formula is C6H4ClN3O2S. The maximum atomic E-state index is 10.9. The monoisotopic (exact) mass is 217 g/mol. The summed E-state index contributed by atoms with van der Waals surface area (Å²) < 4.78 is 23.3. The second-order valence-electron chi connectivity index (χ2n) is 2.36. The molecule has 0 amide bonds. The van der Waals surface area contributed by atoms with Gasteiger partial charge in [0.25, 0.3) is 9.05 Å². The first-order chi connectivity index (χ1) is 6.07. The number of aromatic nitrogens is 3. The average molecular weight is 218 g/mol. The van der Waals surface area contributed by atoms with Gasteiger partial charge in [0, 0.05) is 29.3 Å². The molecule has 68 valence electrons. The Labute approximate surface area is 78.4 Å². The Kier molecular flexibility index (Phi) is 1.74. The summed E-state index contributed by atoms with van der Waals surface area (Å²) in [5, 5.41) is -0.165. The Hall–Kier alpha value is -1.14. The molecule has 13 heavy (non-hydrogen) atoms. The Morgan fingerprint density at radius 2 is 2.23 bits per heavy atom. The number of rotatable bonds is 1. The second kappa shape index (κ2) is 2.68. The van der Waals surface area contributed by atoms with Gasteiger partial charge in [0.15, 0.2) is 10.7 Å². The number of halogens is 1. The topological polar surface area (TPSA) is 64.3 Å². The Morgan fingerprint density at radius 1 is 1.46 bits per heavy atom. The summed E-state index contributed by atoms with van der Waals surface area (Å²) in [5.74, 6) is 0. The molecule has 5 nitrogen and oxygen atoms in total. The number of nitrogens with zero attached hydrogens (tertiary/aromatic N) is 3. The highest BCUT2D eigenvalue weighted by molar-refractivity contribution is 8.13. The average Bonchev–Trinajstić information content (AvgIpc) is 2.45. The van der Waals surface area contributed by atoms with E-state index in [1.165, 1.54) is 23.0 Å². The molecular weight excluding hydrogens is 214 g/mol. The number of hydrogen-bond donors (Lipinski definition) is 0. The fourth-order valence-corrected chi connectivity index (χ4v) is 1.60. The van der Waals surface area contributed by atoms with Crippen LogP contribution in [0.25, 0.3) is 5.65 Å². The largest absolute Gasteiger partial charge is 0.303 e. The molecule has 2 rings (SSSR count). The van der Waals surface area contributed by atoms with E-state index >= 15 is 0 Å². The zero-order valence-electron chi connectivity index (χ0n) is 6.25. The SMILES string of the molecule is O=S(=O)(Cl)c1cn2ccncc2n1. The van der Waals surface area contributed by atoms with E-state index in [2.05, 4.69) is 9.97 Å². The molecule has 0 radical (unpaired) electrons. The molecule has 0 spiro atoms. The molecule has 2 aromatic rings. The van der Waals surface area contributed by atoms with E-state index < -0.39 is 9.05 Å². The van der Waals surface area contributed by atoms with Crippen molar-refractivity contribution in [2.45, 2.75) is 5.03 Å². The predicted molar refractivity (Wildman–Crippen MR) is 46.0 cm³/mol. The van der Waals surface area contributed by atoms with Gasteiger partial charge in [-0.3, -0.25) is 4.98 Å². The maximum absolute atomic E-state index is 10.9. The smallest absolute Gasteiger partial charge is 0.280 e. The lowest BCUT2D eigenvalue weighted by Gasteiger charge is -1.85. The lowest BCUT2D eigenvalue weighted by atomic mass is 10.7. The van der Waals surface area contributed by atoms with Crippen LogP contribution in [-0.2, 0) is 9.05 Å². The molecule has 0 saturated heterocycles. The van der Waals surface area contributed by atoms with Gasteiger partial charge in [-0.15, -0.1) is 0 Å².